The predicted molar refractivity (Wildman–Crippen MR) is 124 cm³/mol. The minimum atomic E-state index is -3.50. The molecule has 6 nitrogen and oxygen atoms in total. The first kappa shape index (κ1) is 21.7. The Kier molecular flexibility index (Phi) is 6.01. The number of sulfonamides is 1. The molecule has 0 radical (unpaired) electrons. The number of halogens is 1. The Morgan fingerprint density at radius 2 is 2.00 bits per heavy atom. The van der Waals surface area contributed by atoms with E-state index in [0.717, 1.165) is 21.9 Å². The van der Waals surface area contributed by atoms with Crippen LogP contribution in [0, 0.1) is 5.92 Å². The molecule has 1 N–H and O–H groups in total. The first-order valence-electron chi connectivity index (χ1n) is 10.1. The van der Waals surface area contributed by atoms with Gasteiger partial charge in [0.2, 0.25) is 15.9 Å². The van der Waals surface area contributed by atoms with Gasteiger partial charge in [0.25, 0.3) is 0 Å². The Morgan fingerprint density at radius 3 is 2.77 bits per heavy atom. The molecule has 162 valence electrons. The third kappa shape index (κ3) is 4.59. The second kappa shape index (κ2) is 8.57. The number of aromatic nitrogens is 1. The van der Waals surface area contributed by atoms with E-state index < -0.39 is 15.9 Å². The van der Waals surface area contributed by atoms with E-state index in [-0.39, 0.29) is 30.7 Å². The fourth-order valence-corrected chi connectivity index (χ4v) is 5.94. The van der Waals surface area contributed by atoms with Gasteiger partial charge in [-0.15, -0.1) is 0 Å². The highest BCUT2D eigenvalue weighted by Gasteiger charge is 2.36. The number of fused-ring (bicyclic) bond motifs is 2. The third-order valence-corrected chi connectivity index (χ3v) is 7.78. The van der Waals surface area contributed by atoms with Crippen molar-refractivity contribution in [1.29, 1.82) is 0 Å². The van der Waals surface area contributed by atoms with E-state index in [1.54, 1.807) is 30.6 Å². The molecule has 0 fully saturated rings. The number of carbonyl (C=O) groups excluding carboxylic acids is 1. The van der Waals surface area contributed by atoms with E-state index in [9.17, 15) is 13.2 Å². The van der Waals surface area contributed by atoms with Crippen LogP contribution in [0.15, 0.2) is 54.9 Å². The monoisotopic (exact) mass is 457 g/mol. The Bertz CT molecular complexity index is 1240. The van der Waals surface area contributed by atoms with Crippen LogP contribution in [0.2, 0.25) is 5.02 Å². The number of anilines is 1. The maximum Gasteiger partial charge on any atom is 0.233 e. The van der Waals surface area contributed by atoms with Gasteiger partial charge in [0, 0.05) is 35.1 Å². The first-order chi connectivity index (χ1) is 14.7. The average Bonchev–Trinajstić information content (AvgIpc) is 2.72. The van der Waals surface area contributed by atoms with E-state index in [2.05, 4.69) is 10.3 Å². The van der Waals surface area contributed by atoms with Crippen LogP contribution in [0.25, 0.3) is 10.8 Å². The van der Waals surface area contributed by atoms with Gasteiger partial charge in [-0.25, -0.2) is 8.42 Å². The number of hydrogen-bond donors (Lipinski definition) is 1. The Morgan fingerprint density at radius 1 is 1.23 bits per heavy atom. The normalized spacial score (nSPS) is 17.0. The highest BCUT2D eigenvalue weighted by Crippen LogP contribution is 2.34. The summed E-state index contributed by atoms with van der Waals surface area (Å²) < 4.78 is 27.3. The van der Waals surface area contributed by atoms with Crippen LogP contribution >= 0.6 is 11.6 Å². The molecule has 31 heavy (non-hydrogen) atoms. The fraction of sp³-hybridized carbons (Fsp3) is 0.304. The highest BCUT2D eigenvalue weighted by molar-refractivity contribution is 7.89. The van der Waals surface area contributed by atoms with Crippen molar-refractivity contribution in [3.63, 3.8) is 0 Å². The summed E-state index contributed by atoms with van der Waals surface area (Å²) in [7, 11) is -3.50. The van der Waals surface area contributed by atoms with Gasteiger partial charge in [0.15, 0.2) is 0 Å². The average molecular weight is 458 g/mol. The minimum absolute atomic E-state index is 0.00866. The minimum Gasteiger partial charge on any atom is -0.324 e. The number of amides is 1. The zero-order valence-corrected chi connectivity index (χ0v) is 18.9. The SMILES string of the molecule is CC(C)CS(=O)(=O)N1Cc2ccc(Cl)cc2C(C(=O)Nc2cncc3ccccc23)C1. The molecule has 0 saturated heterocycles. The van der Waals surface area contributed by atoms with Crippen LogP contribution in [0.5, 0.6) is 0 Å². The second-order valence-electron chi connectivity index (χ2n) is 8.26. The van der Waals surface area contributed by atoms with E-state index in [4.69, 9.17) is 11.6 Å². The Hall–Kier alpha value is -2.48. The summed E-state index contributed by atoms with van der Waals surface area (Å²) in [4.78, 5) is 17.6. The molecule has 1 unspecified atom stereocenters. The molecule has 1 atom stereocenters. The highest BCUT2D eigenvalue weighted by atomic mass is 35.5. The number of benzene rings is 2. The molecule has 0 aliphatic carbocycles. The molecule has 1 aliphatic rings. The van der Waals surface area contributed by atoms with Gasteiger partial charge in [0.1, 0.15) is 0 Å². The van der Waals surface area contributed by atoms with Crippen molar-refractivity contribution in [1.82, 2.24) is 9.29 Å². The summed E-state index contributed by atoms with van der Waals surface area (Å²) in [5, 5.41) is 5.26. The van der Waals surface area contributed by atoms with E-state index in [1.165, 1.54) is 4.31 Å². The number of nitrogens with one attached hydrogen (secondary N) is 1. The Balaban J connectivity index is 1.69. The number of pyridine rings is 1. The zero-order chi connectivity index (χ0) is 22.2. The van der Waals surface area contributed by atoms with Gasteiger partial charge in [-0.3, -0.25) is 9.78 Å². The lowest BCUT2D eigenvalue weighted by atomic mass is 9.90. The lowest BCUT2D eigenvalue weighted by Gasteiger charge is -2.33. The standard InChI is InChI=1S/C23H24ClN3O3S/c1-15(2)14-31(29,30)27-12-17-7-8-18(24)9-20(17)21(13-27)23(28)26-22-11-25-10-16-5-3-4-6-19(16)22/h3-11,15,21H,12-14H2,1-2H3,(H,26,28). The van der Waals surface area contributed by atoms with Crippen molar-refractivity contribution in [2.45, 2.75) is 26.3 Å². The van der Waals surface area contributed by atoms with Crippen LogP contribution in [0.4, 0.5) is 5.69 Å². The smallest absolute Gasteiger partial charge is 0.233 e. The molecule has 0 bridgehead atoms. The molecule has 1 aromatic heterocycles. The third-order valence-electron chi connectivity index (χ3n) is 5.40. The van der Waals surface area contributed by atoms with Crippen molar-refractivity contribution in [2.24, 2.45) is 5.92 Å². The molecule has 1 aliphatic heterocycles. The molecule has 3 aromatic rings. The van der Waals surface area contributed by atoms with E-state index in [0.29, 0.717) is 10.7 Å². The van der Waals surface area contributed by atoms with E-state index >= 15 is 0 Å². The molecule has 8 heteroatoms. The van der Waals surface area contributed by atoms with Crippen LogP contribution in [0.1, 0.15) is 30.9 Å². The first-order valence-corrected chi connectivity index (χ1v) is 12.1. The van der Waals surface area contributed by atoms with Crippen LogP contribution in [0.3, 0.4) is 0 Å². The van der Waals surface area contributed by atoms with Crippen molar-refractivity contribution in [3.8, 4) is 0 Å². The molecule has 0 spiro atoms. The van der Waals surface area contributed by atoms with Crippen molar-refractivity contribution >= 4 is 44.0 Å². The summed E-state index contributed by atoms with van der Waals surface area (Å²) >= 11 is 6.21. The molecular weight excluding hydrogens is 434 g/mol. The Labute approximate surface area is 187 Å². The van der Waals surface area contributed by atoms with Gasteiger partial charge in [-0.2, -0.15) is 4.31 Å². The second-order valence-corrected chi connectivity index (χ2v) is 10.7. The molecule has 2 aromatic carbocycles. The molecular formula is C23H24ClN3O3S. The largest absolute Gasteiger partial charge is 0.324 e. The maximum absolute atomic E-state index is 13.4. The van der Waals surface area contributed by atoms with Gasteiger partial charge in [0.05, 0.1) is 23.6 Å². The summed E-state index contributed by atoms with van der Waals surface area (Å²) in [6.07, 6.45) is 3.34. The molecule has 1 amide bonds. The van der Waals surface area contributed by atoms with Gasteiger partial charge >= 0.3 is 0 Å². The number of carbonyl (C=O) groups is 1. The lowest BCUT2D eigenvalue weighted by Crippen LogP contribution is -2.43. The van der Waals surface area contributed by atoms with Crippen molar-refractivity contribution in [3.05, 3.63) is 71.0 Å². The van der Waals surface area contributed by atoms with Gasteiger partial charge < -0.3 is 5.32 Å². The zero-order valence-electron chi connectivity index (χ0n) is 17.4. The number of hydrogen-bond acceptors (Lipinski definition) is 4. The summed E-state index contributed by atoms with van der Waals surface area (Å²) in [6.45, 7) is 4.05. The van der Waals surface area contributed by atoms with Crippen LogP contribution in [-0.2, 0) is 21.4 Å². The van der Waals surface area contributed by atoms with Crippen LogP contribution < -0.4 is 5.32 Å². The maximum atomic E-state index is 13.4. The van der Waals surface area contributed by atoms with Crippen LogP contribution in [-0.4, -0.2) is 35.9 Å². The summed E-state index contributed by atoms with van der Waals surface area (Å²) in [6, 6.07) is 12.9. The van der Waals surface area contributed by atoms with Gasteiger partial charge in [-0.05, 0) is 29.2 Å². The number of nitrogens with zero attached hydrogens (tertiary/aromatic N) is 2. The topological polar surface area (TPSA) is 79.4 Å². The summed E-state index contributed by atoms with van der Waals surface area (Å²) in [5.41, 5.74) is 2.14. The van der Waals surface area contributed by atoms with Crippen molar-refractivity contribution in [2.75, 3.05) is 17.6 Å². The molecule has 2 heterocycles. The number of rotatable bonds is 5. The van der Waals surface area contributed by atoms with E-state index in [1.807, 2.05) is 38.1 Å². The predicted octanol–water partition coefficient (Wildman–Crippen LogP) is 4.41. The fourth-order valence-electron chi connectivity index (χ4n) is 3.99. The van der Waals surface area contributed by atoms with Crippen molar-refractivity contribution < 1.29 is 13.2 Å². The summed E-state index contributed by atoms with van der Waals surface area (Å²) in [5.74, 6) is -0.933. The van der Waals surface area contributed by atoms with Gasteiger partial charge in [-0.1, -0.05) is 55.8 Å². The quantitative estimate of drug-likeness (QED) is 0.615. The molecule has 0 saturated carbocycles. The lowest BCUT2D eigenvalue weighted by molar-refractivity contribution is -0.118. The molecule has 4 rings (SSSR count).